The minimum atomic E-state index is -0.224. The molecule has 1 aromatic heterocycles. The van der Waals surface area contributed by atoms with Crippen LogP contribution in [0.1, 0.15) is 31.9 Å². The van der Waals surface area contributed by atoms with Gasteiger partial charge in [-0.1, -0.05) is 78.1 Å². The number of thiazole rings is 1. The van der Waals surface area contributed by atoms with Crippen molar-refractivity contribution in [3.8, 4) is 10.4 Å². The smallest absolute Gasteiger partial charge is 0.258 e. The standard InChI is InChI=1S/C26H28N4OS/c1-3-18(17-28-2)24(31)30-25-29-22(23(32-25)20-9-5-4-6-10-20)19-11-7-12-21(14-13-19)26(27)15-8-16-26/h3-7,9-14,17,21H,8,15-16,27H2,1-2H3,(H,29,30,31). The molecule has 0 radical (unpaired) electrons. The summed E-state index contributed by atoms with van der Waals surface area (Å²) < 4.78 is 0. The highest BCUT2D eigenvalue weighted by atomic mass is 32.1. The van der Waals surface area contributed by atoms with E-state index in [1.54, 1.807) is 19.3 Å². The summed E-state index contributed by atoms with van der Waals surface area (Å²) in [5, 5.41) is 3.49. The van der Waals surface area contributed by atoms with Crippen molar-refractivity contribution < 1.29 is 4.79 Å². The van der Waals surface area contributed by atoms with Gasteiger partial charge >= 0.3 is 0 Å². The number of nitrogens with zero attached hydrogens (tertiary/aromatic N) is 2. The van der Waals surface area contributed by atoms with Crippen LogP contribution >= 0.6 is 11.3 Å². The molecule has 2 aliphatic rings. The van der Waals surface area contributed by atoms with E-state index in [-0.39, 0.29) is 17.4 Å². The Hall–Kier alpha value is -3.09. The Morgan fingerprint density at radius 1 is 1.28 bits per heavy atom. The average molecular weight is 445 g/mol. The number of nitrogens with one attached hydrogen (secondary N) is 1. The summed E-state index contributed by atoms with van der Waals surface area (Å²) in [6, 6.07) is 10.1. The number of hydrogen-bond donors (Lipinski definition) is 2. The van der Waals surface area contributed by atoms with Gasteiger partial charge in [-0.2, -0.15) is 0 Å². The van der Waals surface area contributed by atoms with Crippen molar-refractivity contribution in [3.63, 3.8) is 0 Å². The second-order valence-corrected chi connectivity index (χ2v) is 9.13. The molecule has 1 heterocycles. The van der Waals surface area contributed by atoms with Crippen LogP contribution in [0.5, 0.6) is 0 Å². The molecule has 1 saturated carbocycles. The summed E-state index contributed by atoms with van der Waals surface area (Å²) in [6.07, 6.45) is 17.2. The lowest BCUT2D eigenvalue weighted by Crippen LogP contribution is -2.51. The Balaban J connectivity index is 1.68. The third kappa shape index (κ3) is 4.56. The van der Waals surface area contributed by atoms with E-state index in [2.05, 4.69) is 52.8 Å². The van der Waals surface area contributed by atoms with Crippen LogP contribution in [0, 0.1) is 5.92 Å². The first-order chi connectivity index (χ1) is 15.5. The summed E-state index contributed by atoms with van der Waals surface area (Å²) in [7, 11) is 1.65. The van der Waals surface area contributed by atoms with Crippen LogP contribution in [-0.2, 0) is 4.79 Å². The molecule has 1 aromatic carbocycles. The van der Waals surface area contributed by atoms with Gasteiger partial charge in [-0.15, -0.1) is 0 Å². The molecule has 2 aliphatic carbocycles. The summed E-state index contributed by atoms with van der Waals surface area (Å²) >= 11 is 1.47. The van der Waals surface area contributed by atoms with Gasteiger partial charge < -0.3 is 5.73 Å². The van der Waals surface area contributed by atoms with Gasteiger partial charge in [0.25, 0.3) is 5.91 Å². The van der Waals surface area contributed by atoms with Gasteiger partial charge in [0.2, 0.25) is 0 Å². The van der Waals surface area contributed by atoms with E-state index in [1.807, 2.05) is 25.1 Å². The molecule has 0 bridgehead atoms. The molecule has 0 aliphatic heterocycles. The molecule has 6 heteroatoms. The van der Waals surface area contributed by atoms with Gasteiger partial charge in [-0.3, -0.25) is 15.1 Å². The van der Waals surface area contributed by atoms with E-state index in [9.17, 15) is 4.79 Å². The number of hydrogen-bond acceptors (Lipinski definition) is 5. The quantitative estimate of drug-likeness (QED) is 0.462. The van der Waals surface area contributed by atoms with Crippen LogP contribution in [-0.4, -0.2) is 29.7 Å². The van der Waals surface area contributed by atoms with Crippen LogP contribution in [0.25, 0.3) is 16.0 Å². The number of amides is 1. The Morgan fingerprint density at radius 3 is 2.72 bits per heavy atom. The molecular formula is C26H28N4OS. The maximum Gasteiger partial charge on any atom is 0.258 e. The van der Waals surface area contributed by atoms with Gasteiger partial charge in [-0.05, 0) is 31.7 Å². The Bertz CT molecular complexity index is 1130. The number of aliphatic imine (C=N–C) groups is 1. The second kappa shape index (κ2) is 9.59. The number of aromatic nitrogens is 1. The molecule has 164 valence electrons. The lowest BCUT2D eigenvalue weighted by molar-refractivity contribution is -0.112. The summed E-state index contributed by atoms with van der Waals surface area (Å²) in [5.41, 5.74) is 9.86. The molecule has 2 aromatic rings. The van der Waals surface area contributed by atoms with E-state index >= 15 is 0 Å². The fourth-order valence-electron chi connectivity index (χ4n) is 3.99. The monoisotopic (exact) mass is 444 g/mol. The Kier molecular flexibility index (Phi) is 6.63. The molecule has 0 saturated heterocycles. The van der Waals surface area contributed by atoms with Crippen LogP contribution in [0.3, 0.4) is 0 Å². The number of carbonyl (C=O) groups is 1. The largest absolute Gasteiger partial charge is 0.324 e. The minimum absolute atomic E-state index is 0.135. The van der Waals surface area contributed by atoms with E-state index in [0.29, 0.717) is 10.7 Å². The van der Waals surface area contributed by atoms with Crippen LogP contribution in [0.4, 0.5) is 5.13 Å². The van der Waals surface area contributed by atoms with E-state index < -0.39 is 0 Å². The molecule has 0 spiro atoms. The fraction of sp³-hybridized carbons (Fsp3) is 0.269. The predicted octanol–water partition coefficient (Wildman–Crippen LogP) is 5.40. The third-order valence-corrected chi connectivity index (χ3v) is 7.04. The van der Waals surface area contributed by atoms with Crippen LogP contribution < -0.4 is 11.1 Å². The Morgan fingerprint density at radius 2 is 2.06 bits per heavy atom. The third-order valence-electron chi connectivity index (χ3n) is 6.02. The molecule has 1 atom stereocenters. The maximum absolute atomic E-state index is 12.7. The summed E-state index contributed by atoms with van der Waals surface area (Å²) in [6.45, 7) is 1.81. The normalized spacial score (nSPS) is 20.0. The molecule has 1 unspecified atom stereocenters. The predicted molar refractivity (Wildman–Crippen MR) is 135 cm³/mol. The van der Waals surface area contributed by atoms with Gasteiger partial charge in [0, 0.05) is 30.3 Å². The SMILES string of the molecule is CC=C(C=NC)C(=O)Nc1nc(C2=CC=CC(C3(N)CCC3)C=C2)c(-c2ccccc2)s1. The number of carbonyl (C=O) groups excluding carboxylic acids is 1. The number of rotatable bonds is 6. The molecule has 5 nitrogen and oxygen atoms in total. The number of anilines is 1. The lowest BCUT2D eigenvalue weighted by Gasteiger charge is -2.42. The highest BCUT2D eigenvalue weighted by Crippen LogP contribution is 2.41. The number of benzene rings is 1. The van der Waals surface area contributed by atoms with Crippen LogP contribution in [0.2, 0.25) is 0 Å². The lowest BCUT2D eigenvalue weighted by atomic mass is 9.68. The van der Waals surface area contributed by atoms with Crippen molar-refractivity contribution >= 4 is 34.2 Å². The second-order valence-electron chi connectivity index (χ2n) is 8.13. The molecule has 1 amide bonds. The van der Waals surface area contributed by atoms with Crippen molar-refractivity contribution in [2.75, 3.05) is 12.4 Å². The van der Waals surface area contributed by atoms with E-state index in [1.165, 1.54) is 17.8 Å². The van der Waals surface area contributed by atoms with Crippen molar-refractivity contribution in [2.45, 2.75) is 31.7 Å². The first-order valence-electron chi connectivity index (χ1n) is 10.9. The zero-order valence-corrected chi connectivity index (χ0v) is 19.2. The average Bonchev–Trinajstić information content (AvgIpc) is 3.04. The first-order valence-corrected chi connectivity index (χ1v) is 11.7. The summed E-state index contributed by atoms with van der Waals surface area (Å²) in [4.78, 5) is 22.4. The van der Waals surface area contributed by atoms with Crippen molar-refractivity contribution in [2.24, 2.45) is 16.6 Å². The highest BCUT2D eigenvalue weighted by molar-refractivity contribution is 7.19. The molecule has 3 N–H and O–H groups in total. The van der Waals surface area contributed by atoms with Crippen molar-refractivity contribution in [3.05, 3.63) is 78.1 Å². The first kappa shape index (κ1) is 22.1. The van der Waals surface area contributed by atoms with Gasteiger partial charge in [0.1, 0.15) is 0 Å². The van der Waals surface area contributed by atoms with Crippen LogP contribution in [0.15, 0.2) is 77.4 Å². The van der Waals surface area contributed by atoms with Crippen molar-refractivity contribution in [1.29, 1.82) is 0 Å². The zero-order valence-electron chi connectivity index (χ0n) is 18.4. The number of allylic oxidation sites excluding steroid dienone is 5. The molecule has 4 rings (SSSR count). The molecule has 32 heavy (non-hydrogen) atoms. The maximum atomic E-state index is 12.7. The molecule has 1 fully saturated rings. The van der Waals surface area contributed by atoms with Gasteiger partial charge in [-0.25, -0.2) is 4.98 Å². The number of nitrogens with two attached hydrogens (primary N) is 1. The summed E-state index contributed by atoms with van der Waals surface area (Å²) in [5.74, 6) is -0.00742. The minimum Gasteiger partial charge on any atom is -0.324 e. The van der Waals surface area contributed by atoms with Crippen molar-refractivity contribution in [1.82, 2.24) is 4.98 Å². The topological polar surface area (TPSA) is 80.4 Å². The van der Waals surface area contributed by atoms with Gasteiger partial charge in [0.15, 0.2) is 5.13 Å². The fourth-order valence-corrected chi connectivity index (χ4v) is 4.98. The highest BCUT2D eigenvalue weighted by Gasteiger charge is 2.38. The zero-order chi connectivity index (χ0) is 22.6. The van der Waals surface area contributed by atoms with E-state index in [0.717, 1.165) is 34.5 Å². The molecular weight excluding hydrogens is 416 g/mol. The van der Waals surface area contributed by atoms with E-state index in [4.69, 9.17) is 10.7 Å². The Labute approximate surface area is 193 Å². The van der Waals surface area contributed by atoms with Gasteiger partial charge in [0.05, 0.1) is 16.1 Å².